The Morgan fingerprint density at radius 3 is 2.56 bits per heavy atom. The molecule has 0 bridgehead atoms. The van der Waals surface area contributed by atoms with E-state index in [0.717, 1.165) is 0 Å². The van der Waals surface area contributed by atoms with E-state index in [2.05, 4.69) is 10.6 Å². The number of halogens is 2. The number of nitrogens with zero attached hydrogens (tertiary/aromatic N) is 1. The fourth-order valence-electron chi connectivity index (χ4n) is 1.99. The van der Waals surface area contributed by atoms with Crippen LogP contribution >= 0.6 is 23.2 Å². The molecule has 2 aromatic rings. The van der Waals surface area contributed by atoms with Crippen molar-refractivity contribution >= 4 is 46.7 Å². The van der Waals surface area contributed by atoms with Crippen LogP contribution in [0.25, 0.3) is 0 Å². The van der Waals surface area contributed by atoms with Gasteiger partial charge in [-0.3, -0.25) is 14.4 Å². The summed E-state index contributed by atoms with van der Waals surface area (Å²) in [5.41, 5.74) is 0.746. The van der Waals surface area contributed by atoms with E-state index >= 15 is 0 Å². The maximum absolute atomic E-state index is 12.0. The molecular weight excluding hydrogens is 393 g/mol. The van der Waals surface area contributed by atoms with Gasteiger partial charge in [0.25, 0.3) is 11.8 Å². The molecule has 0 unspecified atom stereocenters. The highest BCUT2D eigenvalue weighted by atomic mass is 35.5. The van der Waals surface area contributed by atoms with Crippen LogP contribution in [0, 0.1) is 11.3 Å². The van der Waals surface area contributed by atoms with E-state index in [0.29, 0.717) is 10.7 Å². The van der Waals surface area contributed by atoms with Crippen LogP contribution in [-0.2, 0) is 14.3 Å². The largest absolute Gasteiger partial charge is 0.454 e. The van der Waals surface area contributed by atoms with Crippen LogP contribution in [-0.4, -0.2) is 30.9 Å². The summed E-state index contributed by atoms with van der Waals surface area (Å²) in [4.78, 5) is 35.5. The Bertz CT molecular complexity index is 925. The molecule has 0 aliphatic carbocycles. The van der Waals surface area contributed by atoms with Crippen molar-refractivity contribution < 1.29 is 19.1 Å². The number of ether oxygens (including phenoxy) is 1. The average molecular weight is 406 g/mol. The first-order chi connectivity index (χ1) is 12.9. The molecular formula is C18H13Cl2N3O4. The summed E-state index contributed by atoms with van der Waals surface area (Å²) in [6, 6.07) is 12.6. The smallest absolute Gasteiger partial charge is 0.325 e. The Kier molecular flexibility index (Phi) is 7.17. The molecule has 2 amide bonds. The van der Waals surface area contributed by atoms with Gasteiger partial charge >= 0.3 is 5.97 Å². The lowest BCUT2D eigenvalue weighted by Crippen LogP contribution is -2.32. The normalized spacial score (nSPS) is 9.81. The Morgan fingerprint density at radius 1 is 1.11 bits per heavy atom. The summed E-state index contributed by atoms with van der Waals surface area (Å²) >= 11 is 11.7. The van der Waals surface area contributed by atoms with E-state index in [1.807, 2.05) is 6.07 Å². The Morgan fingerprint density at radius 2 is 1.85 bits per heavy atom. The molecule has 0 saturated carbocycles. The molecule has 27 heavy (non-hydrogen) atoms. The fourth-order valence-corrected chi connectivity index (χ4v) is 2.49. The second kappa shape index (κ2) is 9.57. The van der Waals surface area contributed by atoms with Gasteiger partial charge in [-0.05, 0) is 30.3 Å². The standard InChI is InChI=1S/C18H13Cl2N3O4/c19-12-5-6-13(14(20)7-12)18(26)22-9-17(25)27-10-16(24)23-15-4-2-1-3-11(15)8-21/h1-7H,9-10H2,(H,22,26)(H,23,24). The van der Waals surface area contributed by atoms with E-state index in [1.165, 1.54) is 18.2 Å². The van der Waals surface area contributed by atoms with E-state index < -0.39 is 30.9 Å². The summed E-state index contributed by atoms with van der Waals surface area (Å²) in [6.07, 6.45) is 0. The van der Waals surface area contributed by atoms with Crippen molar-refractivity contribution in [1.29, 1.82) is 5.26 Å². The fraction of sp³-hybridized carbons (Fsp3) is 0.111. The number of benzene rings is 2. The zero-order valence-electron chi connectivity index (χ0n) is 13.8. The number of amides is 2. The molecule has 0 saturated heterocycles. The quantitative estimate of drug-likeness (QED) is 0.718. The summed E-state index contributed by atoms with van der Waals surface area (Å²) < 4.78 is 4.78. The molecule has 0 spiro atoms. The minimum absolute atomic E-state index is 0.143. The van der Waals surface area contributed by atoms with Crippen LogP contribution in [0.1, 0.15) is 15.9 Å². The van der Waals surface area contributed by atoms with Gasteiger partial charge in [-0.1, -0.05) is 35.3 Å². The highest BCUT2D eigenvalue weighted by molar-refractivity contribution is 6.36. The zero-order valence-corrected chi connectivity index (χ0v) is 15.3. The van der Waals surface area contributed by atoms with Crippen LogP contribution in [0.5, 0.6) is 0 Å². The molecule has 0 aliphatic heterocycles. The lowest BCUT2D eigenvalue weighted by molar-refractivity contribution is -0.146. The van der Waals surface area contributed by atoms with Gasteiger partial charge in [0.15, 0.2) is 6.61 Å². The summed E-state index contributed by atoms with van der Waals surface area (Å²) in [7, 11) is 0. The molecule has 7 nitrogen and oxygen atoms in total. The molecule has 9 heteroatoms. The van der Waals surface area contributed by atoms with Crippen LogP contribution in [0.4, 0.5) is 5.69 Å². The summed E-state index contributed by atoms with van der Waals surface area (Å²) in [5, 5.41) is 14.3. The van der Waals surface area contributed by atoms with E-state index in [9.17, 15) is 14.4 Å². The third kappa shape index (κ3) is 5.99. The van der Waals surface area contributed by atoms with Gasteiger partial charge in [-0.15, -0.1) is 0 Å². The number of carbonyl (C=O) groups is 3. The number of hydrogen-bond acceptors (Lipinski definition) is 5. The number of esters is 1. The average Bonchev–Trinajstić information content (AvgIpc) is 2.65. The second-order valence-electron chi connectivity index (χ2n) is 5.17. The first-order valence-electron chi connectivity index (χ1n) is 7.58. The highest BCUT2D eigenvalue weighted by Gasteiger charge is 2.14. The van der Waals surface area contributed by atoms with E-state index in [-0.39, 0.29) is 16.1 Å². The minimum atomic E-state index is -0.808. The molecule has 2 rings (SSSR count). The number of anilines is 1. The monoisotopic (exact) mass is 405 g/mol. The summed E-state index contributed by atoms with van der Waals surface area (Å²) in [5.74, 6) is -2.00. The molecule has 0 aliphatic rings. The van der Waals surface area contributed by atoms with Crippen LogP contribution < -0.4 is 10.6 Å². The number of nitrogens with one attached hydrogen (secondary N) is 2. The van der Waals surface area contributed by atoms with Crippen molar-refractivity contribution in [2.75, 3.05) is 18.5 Å². The Labute approximate surface area is 164 Å². The van der Waals surface area contributed by atoms with Gasteiger partial charge < -0.3 is 15.4 Å². The third-order valence-corrected chi connectivity index (χ3v) is 3.80. The maximum atomic E-state index is 12.0. The lowest BCUT2D eigenvalue weighted by Gasteiger charge is -2.09. The molecule has 0 atom stereocenters. The molecule has 0 fully saturated rings. The first-order valence-corrected chi connectivity index (χ1v) is 8.34. The van der Waals surface area contributed by atoms with E-state index in [4.69, 9.17) is 33.2 Å². The highest BCUT2D eigenvalue weighted by Crippen LogP contribution is 2.20. The van der Waals surface area contributed by atoms with Crippen LogP contribution in [0.2, 0.25) is 10.0 Å². The first kappa shape index (κ1) is 20.2. The predicted molar refractivity (Wildman–Crippen MR) is 99.5 cm³/mol. The van der Waals surface area contributed by atoms with Crippen molar-refractivity contribution in [2.45, 2.75) is 0 Å². The van der Waals surface area contributed by atoms with Crippen molar-refractivity contribution in [3.05, 3.63) is 63.6 Å². The number of para-hydroxylation sites is 1. The molecule has 0 aromatic heterocycles. The van der Waals surface area contributed by atoms with E-state index in [1.54, 1.807) is 24.3 Å². The van der Waals surface area contributed by atoms with Crippen molar-refractivity contribution in [2.24, 2.45) is 0 Å². The molecule has 0 radical (unpaired) electrons. The van der Waals surface area contributed by atoms with Gasteiger partial charge in [0.05, 0.1) is 21.8 Å². The Balaban J connectivity index is 1.79. The molecule has 2 aromatic carbocycles. The third-order valence-electron chi connectivity index (χ3n) is 3.25. The van der Waals surface area contributed by atoms with Gasteiger partial charge in [0, 0.05) is 5.02 Å². The predicted octanol–water partition coefficient (Wildman–Crippen LogP) is 2.78. The Hall–Kier alpha value is -3.08. The second-order valence-corrected chi connectivity index (χ2v) is 6.02. The van der Waals surface area contributed by atoms with Crippen LogP contribution in [0.3, 0.4) is 0 Å². The maximum Gasteiger partial charge on any atom is 0.325 e. The number of carbonyl (C=O) groups excluding carboxylic acids is 3. The number of nitriles is 1. The number of hydrogen-bond donors (Lipinski definition) is 2. The van der Waals surface area contributed by atoms with Gasteiger partial charge in [-0.2, -0.15) is 5.26 Å². The lowest BCUT2D eigenvalue weighted by atomic mass is 10.2. The number of rotatable bonds is 6. The summed E-state index contributed by atoms with van der Waals surface area (Å²) in [6.45, 7) is -1.00. The topological polar surface area (TPSA) is 108 Å². The van der Waals surface area contributed by atoms with Crippen molar-refractivity contribution in [3.8, 4) is 6.07 Å². The van der Waals surface area contributed by atoms with Gasteiger partial charge in [0.2, 0.25) is 0 Å². The molecule has 0 heterocycles. The van der Waals surface area contributed by atoms with Crippen LogP contribution in [0.15, 0.2) is 42.5 Å². The van der Waals surface area contributed by atoms with Gasteiger partial charge in [-0.25, -0.2) is 0 Å². The molecule has 138 valence electrons. The minimum Gasteiger partial charge on any atom is -0.454 e. The van der Waals surface area contributed by atoms with Gasteiger partial charge in [0.1, 0.15) is 12.6 Å². The van der Waals surface area contributed by atoms with Crippen molar-refractivity contribution in [3.63, 3.8) is 0 Å². The zero-order chi connectivity index (χ0) is 19.8. The molecule has 2 N–H and O–H groups in total. The SMILES string of the molecule is N#Cc1ccccc1NC(=O)COC(=O)CNC(=O)c1ccc(Cl)cc1Cl. The van der Waals surface area contributed by atoms with Crippen molar-refractivity contribution in [1.82, 2.24) is 5.32 Å².